The fourth-order valence-corrected chi connectivity index (χ4v) is 2.77. The van der Waals surface area contributed by atoms with E-state index in [2.05, 4.69) is 4.98 Å². The van der Waals surface area contributed by atoms with Gasteiger partial charge in [-0.05, 0) is 29.8 Å². The minimum absolute atomic E-state index is 0.170. The fourth-order valence-electron chi connectivity index (χ4n) is 2.77. The van der Waals surface area contributed by atoms with Gasteiger partial charge in [0.05, 0.1) is 30.8 Å². The zero-order valence-electron chi connectivity index (χ0n) is 13.2. The number of halogens is 1. The number of fused-ring (bicyclic) bond motifs is 1. The standard InChI is InChI=1S/C18H19FN2O2/c1-3-18-20-14-6-4-5-7-15(14)21(18)11-16(22)12-8-9-17(23-2)13(19)10-12/h4-10,16,22H,3,11H2,1-2H3. The van der Waals surface area contributed by atoms with Crippen molar-refractivity contribution in [2.24, 2.45) is 0 Å². The van der Waals surface area contributed by atoms with Crippen LogP contribution in [0.3, 0.4) is 0 Å². The van der Waals surface area contributed by atoms with Crippen molar-refractivity contribution in [3.05, 3.63) is 59.7 Å². The molecule has 0 saturated carbocycles. The number of hydrogen-bond acceptors (Lipinski definition) is 3. The average Bonchev–Trinajstić information content (AvgIpc) is 2.92. The van der Waals surface area contributed by atoms with E-state index >= 15 is 0 Å². The summed E-state index contributed by atoms with van der Waals surface area (Å²) in [6.45, 7) is 2.35. The van der Waals surface area contributed by atoms with Gasteiger partial charge >= 0.3 is 0 Å². The predicted molar refractivity (Wildman–Crippen MR) is 87.0 cm³/mol. The minimum Gasteiger partial charge on any atom is -0.494 e. The number of aryl methyl sites for hydroxylation is 1. The maximum atomic E-state index is 13.8. The van der Waals surface area contributed by atoms with Crippen LogP contribution in [-0.2, 0) is 13.0 Å². The van der Waals surface area contributed by atoms with Crippen molar-refractivity contribution < 1.29 is 14.2 Å². The molecule has 0 saturated heterocycles. The molecule has 1 heterocycles. The van der Waals surface area contributed by atoms with E-state index in [1.165, 1.54) is 19.2 Å². The molecule has 0 radical (unpaired) electrons. The van der Waals surface area contributed by atoms with E-state index in [-0.39, 0.29) is 5.75 Å². The first kappa shape index (κ1) is 15.5. The third-order valence-corrected chi connectivity index (χ3v) is 3.97. The van der Waals surface area contributed by atoms with Crippen molar-refractivity contribution in [3.63, 3.8) is 0 Å². The average molecular weight is 314 g/mol. The highest BCUT2D eigenvalue weighted by molar-refractivity contribution is 5.75. The number of para-hydroxylation sites is 2. The first-order valence-electron chi connectivity index (χ1n) is 7.59. The molecule has 0 bridgehead atoms. The number of aliphatic hydroxyl groups excluding tert-OH is 1. The van der Waals surface area contributed by atoms with Gasteiger partial charge in [0, 0.05) is 6.42 Å². The number of ether oxygens (including phenoxy) is 1. The van der Waals surface area contributed by atoms with E-state index in [1.807, 2.05) is 35.8 Å². The number of methoxy groups -OCH3 is 1. The van der Waals surface area contributed by atoms with Crippen LogP contribution < -0.4 is 4.74 Å². The van der Waals surface area contributed by atoms with Gasteiger partial charge in [-0.25, -0.2) is 9.37 Å². The molecule has 5 heteroatoms. The minimum atomic E-state index is -0.821. The van der Waals surface area contributed by atoms with Gasteiger partial charge in [0.15, 0.2) is 11.6 Å². The SMILES string of the molecule is CCc1nc2ccccc2n1CC(O)c1ccc(OC)c(F)c1. The molecule has 1 atom stereocenters. The van der Waals surface area contributed by atoms with Crippen molar-refractivity contribution in [3.8, 4) is 5.75 Å². The van der Waals surface area contributed by atoms with E-state index in [1.54, 1.807) is 6.07 Å². The second kappa shape index (κ2) is 6.38. The summed E-state index contributed by atoms with van der Waals surface area (Å²) in [4.78, 5) is 4.58. The van der Waals surface area contributed by atoms with Crippen LogP contribution in [0.1, 0.15) is 24.4 Å². The topological polar surface area (TPSA) is 47.3 Å². The lowest BCUT2D eigenvalue weighted by molar-refractivity contribution is 0.156. The van der Waals surface area contributed by atoms with Crippen molar-refractivity contribution in [2.75, 3.05) is 7.11 Å². The summed E-state index contributed by atoms with van der Waals surface area (Å²) in [5, 5.41) is 10.5. The molecule has 0 fully saturated rings. The molecule has 0 aliphatic rings. The van der Waals surface area contributed by atoms with Gasteiger partial charge in [0.25, 0.3) is 0 Å². The maximum Gasteiger partial charge on any atom is 0.165 e. The summed E-state index contributed by atoms with van der Waals surface area (Å²) in [7, 11) is 1.42. The first-order chi connectivity index (χ1) is 11.1. The molecular weight excluding hydrogens is 295 g/mol. The summed E-state index contributed by atoms with van der Waals surface area (Å²) in [5.41, 5.74) is 2.39. The van der Waals surface area contributed by atoms with Crippen LogP contribution >= 0.6 is 0 Å². The lowest BCUT2D eigenvalue weighted by Gasteiger charge is -2.15. The summed E-state index contributed by atoms with van der Waals surface area (Å²) in [5.74, 6) is 0.595. The van der Waals surface area contributed by atoms with Crippen LogP contribution in [-0.4, -0.2) is 21.8 Å². The van der Waals surface area contributed by atoms with Gasteiger partial charge in [0.1, 0.15) is 5.82 Å². The highest BCUT2D eigenvalue weighted by Gasteiger charge is 2.16. The zero-order chi connectivity index (χ0) is 16.4. The Morgan fingerprint density at radius 2 is 2.04 bits per heavy atom. The van der Waals surface area contributed by atoms with Gasteiger partial charge in [0.2, 0.25) is 0 Å². The molecule has 1 N–H and O–H groups in total. The Morgan fingerprint density at radius 1 is 1.26 bits per heavy atom. The van der Waals surface area contributed by atoms with Gasteiger partial charge in [-0.1, -0.05) is 25.1 Å². The summed E-state index contributed by atoms with van der Waals surface area (Å²) >= 11 is 0. The first-order valence-corrected chi connectivity index (χ1v) is 7.59. The molecule has 1 unspecified atom stereocenters. The lowest BCUT2D eigenvalue weighted by atomic mass is 10.1. The van der Waals surface area contributed by atoms with Crippen LogP contribution in [0.4, 0.5) is 4.39 Å². The molecule has 0 spiro atoms. The molecule has 0 amide bonds. The number of nitrogens with zero attached hydrogens (tertiary/aromatic N) is 2. The molecule has 0 aliphatic carbocycles. The van der Waals surface area contributed by atoms with E-state index in [0.717, 1.165) is 23.3 Å². The highest BCUT2D eigenvalue weighted by Crippen LogP contribution is 2.25. The predicted octanol–water partition coefficient (Wildman–Crippen LogP) is 3.48. The number of rotatable bonds is 5. The van der Waals surface area contributed by atoms with Crippen molar-refractivity contribution in [2.45, 2.75) is 26.0 Å². The Balaban J connectivity index is 1.93. The Bertz CT molecular complexity index is 829. The zero-order valence-corrected chi connectivity index (χ0v) is 13.2. The van der Waals surface area contributed by atoms with E-state index in [0.29, 0.717) is 12.1 Å². The van der Waals surface area contributed by atoms with Gasteiger partial charge < -0.3 is 14.4 Å². The number of aromatic nitrogens is 2. The van der Waals surface area contributed by atoms with Crippen LogP contribution in [0.5, 0.6) is 5.75 Å². The van der Waals surface area contributed by atoms with Crippen LogP contribution in [0, 0.1) is 5.82 Å². The van der Waals surface area contributed by atoms with Gasteiger partial charge in [-0.15, -0.1) is 0 Å². The quantitative estimate of drug-likeness (QED) is 0.784. The Hall–Kier alpha value is -2.40. The monoisotopic (exact) mass is 314 g/mol. The fraction of sp³-hybridized carbons (Fsp3) is 0.278. The Morgan fingerprint density at radius 3 is 2.74 bits per heavy atom. The van der Waals surface area contributed by atoms with Crippen molar-refractivity contribution >= 4 is 11.0 Å². The molecule has 0 aliphatic heterocycles. The van der Waals surface area contributed by atoms with Gasteiger partial charge in [-0.3, -0.25) is 0 Å². The molecule has 3 aromatic rings. The molecular formula is C18H19FN2O2. The van der Waals surface area contributed by atoms with E-state index in [9.17, 15) is 9.50 Å². The van der Waals surface area contributed by atoms with Crippen molar-refractivity contribution in [1.29, 1.82) is 0 Å². The summed E-state index contributed by atoms with van der Waals surface area (Å²) in [6, 6.07) is 12.3. The Labute approximate surface area is 134 Å². The second-order valence-corrected chi connectivity index (χ2v) is 5.39. The van der Waals surface area contributed by atoms with Crippen LogP contribution in [0.2, 0.25) is 0 Å². The molecule has 2 aromatic carbocycles. The summed E-state index contributed by atoms with van der Waals surface area (Å²) < 4.78 is 20.7. The highest BCUT2D eigenvalue weighted by atomic mass is 19.1. The Kier molecular flexibility index (Phi) is 4.30. The molecule has 120 valence electrons. The third-order valence-electron chi connectivity index (χ3n) is 3.97. The smallest absolute Gasteiger partial charge is 0.165 e. The van der Waals surface area contributed by atoms with E-state index in [4.69, 9.17) is 4.74 Å². The second-order valence-electron chi connectivity index (χ2n) is 5.39. The van der Waals surface area contributed by atoms with Crippen LogP contribution in [0.25, 0.3) is 11.0 Å². The number of aliphatic hydroxyl groups is 1. The van der Waals surface area contributed by atoms with Crippen molar-refractivity contribution in [1.82, 2.24) is 9.55 Å². The molecule has 1 aromatic heterocycles. The molecule has 4 nitrogen and oxygen atoms in total. The largest absolute Gasteiger partial charge is 0.494 e. The summed E-state index contributed by atoms with van der Waals surface area (Å²) in [6.07, 6.45) is -0.0587. The van der Waals surface area contributed by atoms with Crippen LogP contribution in [0.15, 0.2) is 42.5 Å². The number of hydrogen-bond donors (Lipinski definition) is 1. The number of imidazole rings is 1. The normalized spacial score (nSPS) is 12.5. The van der Waals surface area contributed by atoms with Gasteiger partial charge in [-0.2, -0.15) is 0 Å². The maximum absolute atomic E-state index is 13.8. The lowest BCUT2D eigenvalue weighted by Crippen LogP contribution is -2.11. The number of benzene rings is 2. The van der Waals surface area contributed by atoms with E-state index < -0.39 is 11.9 Å². The molecule has 23 heavy (non-hydrogen) atoms. The third kappa shape index (κ3) is 2.92. The molecule has 3 rings (SSSR count).